The van der Waals surface area contributed by atoms with E-state index in [0.29, 0.717) is 16.7 Å². The maximum absolute atomic E-state index is 13.0. The monoisotopic (exact) mass is 232 g/mol. The average Bonchev–Trinajstić information content (AvgIpc) is 2.14. The van der Waals surface area contributed by atoms with Crippen molar-refractivity contribution in [3.8, 4) is 0 Å². The molecule has 0 aliphatic carbocycles. The summed E-state index contributed by atoms with van der Waals surface area (Å²) < 4.78 is 13.0. The summed E-state index contributed by atoms with van der Waals surface area (Å²) in [7, 11) is 0. The van der Waals surface area contributed by atoms with E-state index in [4.69, 9.17) is 11.6 Å². The van der Waals surface area contributed by atoms with Crippen LogP contribution in [0.5, 0.6) is 0 Å². The minimum Gasteiger partial charge on any atom is -0.389 e. The Balaban J connectivity index is 3.13. The molecular formula is C11H14ClFO2. The Kier molecular flexibility index (Phi) is 4.08. The van der Waals surface area contributed by atoms with Crippen LogP contribution in [0.4, 0.5) is 4.39 Å². The molecule has 0 aromatic heterocycles. The number of halogens is 2. The van der Waals surface area contributed by atoms with Crippen molar-refractivity contribution < 1.29 is 14.6 Å². The lowest BCUT2D eigenvalue weighted by atomic mass is 9.95. The number of hydrogen-bond acceptors (Lipinski definition) is 2. The van der Waals surface area contributed by atoms with Gasteiger partial charge in [0.25, 0.3) is 0 Å². The zero-order chi connectivity index (χ0) is 11.6. The van der Waals surface area contributed by atoms with Gasteiger partial charge in [-0.05, 0) is 42.7 Å². The van der Waals surface area contributed by atoms with Crippen LogP contribution in [0.3, 0.4) is 0 Å². The SMILES string of the molecule is Cc1cc(F)cc(C)c1C(O)C(O)CCl. The van der Waals surface area contributed by atoms with Crippen LogP contribution >= 0.6 is 11.6 Å². The lowest BCUT2D eigenvalue weighted by Crippen LogP contribution is -2.21. The summed E-state index contributed by atoms with van der Waals surface area (Å²) in [6.45, 7) is 3.38. The second-order valence-electron chi connectivity index (χ2n) is 3.62. The number of hydrogen-bond donors (Lipinski definition) is 2. The predicted molar refractivity (Wildman–Crippen MR) is 57.6 cm³/mol. The van der Waals surface area contributed by atoms with Gasteiger partial charge < -0.3 is 10.2 Å². The van der Waals surface area contributed by atoms with Crippen LogP contribution in [0.2, 0.25) is 0 Å². The van der Waals surface area contributed by atoms with E-state index in [-0.39, 0.29) is 11.7 Å². The molecular weight excluding hydrogens is 219 g/mol. The molecule has 1 rings (SSSR count). The van der Waals surface area contributed by atoms with Gasteiger partial charge in [-0.3, -0.25) is 0 Å². The zero-order valence-corrected chi connectivity index (χ0v) is 9.42. The minimum absolute atomic E-state index is 0.0581. The number of aliphatic hydroxyl groups is 2. The Hall–Kier alpha value is -0.640. The first-order valence-electron chi connectivity index (χ1n) is 4.66. The summed E-state index contributed by atoms with van der Waals surface area (Å²) in [5.41, 5.74) is 1.78. The molecule has 1 aromatic carbocycles. The first kappa shape index (κ1) is 12.4. The second kappa shape index (κ2) is 4.92. The van der Waals surface area contributed by atoms with Gasteiger partial charge in [0.05, 0.1) is 12.0 Å². The molecule has 15 heavy (non-hydrogen) atoms. The van der Waals surface area contributed by atoms with Gasteiger partial charge in [-0.1, -0.05) is 0 Å². The van der Waals surface area contributed by atoms with Crippen molar-refractivity contribution >= 4 is 11.6 Å². The predicted octanol–water partition coefficient (Wildman–Crippen LogP) is 2.08. The number of rotatable bonds is 3. The lowest BCUT2D eigenvalue weighted by molar-refractivity contribution is 0.0319. The van der Waals surface area contributed by atoms with Crippen LogP contribution in [0.15, 0.2) is 12.1 Å². The van der Waals surface area contributed by atoms with Crippen LogP contribution in [0, 0.1) is 19.7 Å². The number of aliphatic hydroxyl groups excluding tert-OH is 2. The third-order valence-electron chi connectivity index (χ3n) is 2.38. The molecule has 2 unspecified atom stereocenters. The zero-order valence-electron chi connectivity index (χ0n) is 8.67. The molecule has 4 heteroatoms. The first-order valence-corrected chi connectivity index (χ1v) is 5.19. The summed E-state index contributed by atoms with van der Waals surface area (Å²) in [5, 5.41) is 19.2. The van der Waals surface area contributed by atoms with Gasteiger partial charge >= 0.3 is 0 Å². The molecule has 0 heterocycles. The molecule has 0 radical (unpaired) electrons. The van der Waals surface area contributed by atoms with Gasteiger partial charge in [-0.15, -0.1) is 11.6 Å². The van der Waals surface area contributed by atoms with Crippen LogP contribution in [0.1, 0.15) is 22.8 Å². The Morgan fingerprint density at radius 1 is 1.27 bits per heavy atom. The van der Waals surface area contributed by atoms with Gasteiger partial charge in [0.1, 0.15) is 11.9 Å². The van der Waals surface area contributed by atoms with E-state index >= 15 is 0 Å². The quantitative estimate of drug-likeness (QED) is 0.784. The van der Waals surface area contributed by atoms with Gasteiger partial charge in [0.15, 0.2) is 0 Å². The van der Waals surface area contributed by atoms with Crippen LogP contribution in [-0.2, 0) is 0 Å². The minimum atomic E-state index is -1.07. The lowest BCUT2D eigenvalue weighted by Gasteiger charge is -2.20. The molecule has 84 valence electrons. The summed E-state index contributed by atoms with van der Waals surface area (Å²) in [6.07, 6.45) is -2.10. The first-order chi connectivity index (χ1) is 6.97. The van der Waals surface area contributed by atoms with Crippen molar-refractivity contribution in [1.29, 1.82) is 0 Å². The van der Waals surface area contributed by atoms with E-state index in [1.54, 1.807) is 13.8 Å². The molecule has 2 nitrogen and oxygen atoms in total. The Bertz CT molecular complexity index is 331. The highest BCUT2D eigenvalue weighted by Crippen LogP contribution is 2.26. The largest absolute Gasteiger partial charge is 0.389 e. The van der Waals surface area contributed by atoms with E-state index in [2.05, 4.69) is 0 Å². The normalized spacial score (nSPS) is 15.1. The standard InChI is InChI=1S/C11H14ClFO2/c1-6-3-8(13)4-7(2)10(6)11(15)9(14)5-12/h3-4,9,11,14-15H,5H2,1-2H3. The third-order valence-corrected chi connectivity index (χ3v) is 2.69. The van der Waals surface area contributed by atoms with Gasteiger partial charge in [0.2, 0.25) is 0 Å². The van der Waals surface area contributed by atoms with E-state index in [1.807, 2.05) is 0 Å². The van der Waals surface area contributed by atoms with Crippen molar-refractivity contribution in [3.05, 3.63) is 34.6 Å². The summed E-state index contributed by atoms with van der Waals surface area (Å²) in [6, 6.07) is 2.65. The summed E-state index contributed by atoms with van der Waals surface area (Å²) in [4.78, 5) is 0. The van der Waals surface area contributed by atoms with E-state index in [9.17, 15) is 14.6 Å². The second-order valence-corrected chi connectivity index (χ2v) is 3.93. The van der Waals surface area contributed by atoms with Crippen LogP contribution in [0.25, 0.3) is 0 Å². The maximum Gasteiger partial charge on any atom is 0.123 e. The fourth-order valence-corrected chi connectivity index (χ4v) is 1.83. The fourth-order valence-electron chi connectivity index (χ4n) is 1.67. The van der Waals surface area contributed by atoms with Crippen molar-refractivity contribution in [3.63, 3.8) is 0 Å². The maximum atomic E-state index is 13.0. The molecule has 0 aliphatic rings. The Morgan fingerprint density at radius 3 is 2.13 bits per heavy atom. The Morgan fingerprint density at radius 2 is 1.73 bits per heavy atom. The summed E-state index contributed by atoms with van der Waals surface area (Å²) in [5.74, 6) is -0.404. The summed E-state index contributed by atoms with van der Waals surface area (Å²) >= 11 is 5.45. The molecule has 0 fully saturated rings. The number of benzene rings is 1. The Labute approximate surface area is 93.3 Å². The average molecular weight is 233 g/mol. The molecule has 2 N–H and O–H groups in total. The van der Waals surface area contributed by atoms with Gasteiger partial charge in [-0.2, -0.15) is 0 Å². The molecule has 1 aromatic rings. The van der Waals surface area contributed by atoms with Gasteiger partial charge in [-0.25, -0.2) is 4.39 Å². The van der Waals surface area contributed by atoms with Crippen molar-refractivity contribution in [2.24, 2.45) is 0 Å². The van der Waals surface area contributed by atoms with Gasteiger partial charge in [0, 0.05) is 0 Å². The van der Waals surface area contributed by atoms with E-state index in [0.717, 1.165) is 0 Å². The molecule has 0 saturated carbocycles. The van der Waals surface area contributed by atoms with Crippen LogP contribution in [-0.4, -0.2) is 22.2 Å². The number of alkyl halides is 1. The molecule has 0 saturated heterocycles. The number of aryl methyl sites for hydroxylation is 2. The van der Waals surface area contributed by atoms with Crippen molar-refractivity contribution in [2.45, 2.75) is 26.1 Å². The van der Waals surface area contributed by atoms with E-state index in [1.165, 1.54) is 12.1 Å². The smallest absolute Gasteiger partial charge is 0.123 e. The topological polar surface area (TPSA) is 40.5 Å². The highest BCUT2D eigenvalue weighted by atomic mass is 35.5. The third kappa shape index (κ3) is 2.68. The highest BCUT2D eigenvalue weighted by molar-refractivity contribution is 6.18. The molecule has 0 aliphatic heterocycles. The fraction of sp³-hybridized carbons (Fsp3) is 0.455. The molecule has 0 amide bonds. The molecule has 0 spiro atoms. The van der Waals surface area contributed by atoms with Crippen molar-refractivity contribution in [1.82, 2.24) is 0 Å². The highest BCUT2D eigenvalue weighted by Gasteiger charge is 2.21. The van der Waals surface area contributed by atoms with Crippen LogP contribution < -0.4 is 0 Å². The molecule has 2 atom stereocenters. The molecule has 0 bridgehead atoms. The van der Waals surface area contributed by atoms with E-state index < -0.39 is 12.2 Å². The van der Waals surface area contributed by atoms with Crippen molar-refractivity contribution in [2.75, 3.05) is 5.88 Å².